The molecule has 3 aliphatic heterocycles. The number of rotatable bonds is 4. The van der Waals surface area contributed by atoms with Gasteiger partial charge in [0.05, 0.1) is 20.1 Å². The van der Waals surface area contributed by atoms with Crippen molar-refractivity contribution < 1.29 is 23.8 Å². The maximum atomic E-state index is 11.5. The van der Waals surface area contributed by atoms with Gasteiger partial charge in [0.2, 0.25) is 5.91 Å². The predicted molar refractivity (Wildman–Crippen MR) is 98.6 cm³/mol. The van der Waals surface area contributed by atoms with Crippen molar-refractivity contribution in [2.75, 3.05) is 53.6 Å². The minimum atomic E-state index is -0.0508. The van der Waals surface area contributed by atoms with Crippen molar-refractivity contribution in [2.24, 2.45) is 11.1 Å². The molecule has 8 nitrogen and oxygen atoms in total. The quantitative estimate of drug-likeness (QED) is 0.781. The molecule has 2 atom stereocenters. The number of benzene rings is 1. The van der Waals surface area contributed by atoms with Gasteiger partial charge in [-0.25, -0.2) is 0 Å². The number of nitrogens with zero attached hydrogens (tertiary/aromatic N) is 3. The van der Waals surface area contributed by atoms with Crippen LogP contribution in [-0.4, -0.2) is 81.1 Å². The Morgan fingerprint density at radius 2 is 1.89 bits per heavy atom. The molecule has 1 saturated heterocycles. The first kappa shape index (κ1) is 17.9. The molecule has 3 heterocycles. The van der Waals surface area contributed by atoms with Gasteiger partial charge in [0.15, 0.2) is 17.6 Å². The van der Waals surface area contributed by atoms with Crippen LogP contribution in [0.15, 0.2) is 17.3 Å². The molecule has 1 fully saturated rings. The van der Waals surface area contributed by atoms with Crippen LogP contribution in [0.5, 0.6) is 17.2 Å². The van der Waals surface area contributed by atoms with E-state index >= 15 is 0 Å². The summed E-state index contributed by atoms with van der Waals surface area (Å²) in [5.74, 6) is 2.24. The topological polar surface area (TPSA) is 72.8 Å². The van der Waals surface area contributed by atoms with E-state index < -0.39 is 0 Å². The minimum absolute atomic E-state index is 0.0508. The lowest BCUT2D eigenvalue weighted by Crippen LogP contribution is -2.51. The second kappa shape index (κ2) is 7.26. The van der Waals surface area contributed by atoms with Crippen molar-refractivity contribution in [3.63, 3.8) is 0 Å². The van der Waals surface area contributed by atoms with Gasteiger partial charge in [-0.05, 0) is 6.07 Å². The van der Waals surface area contributed by atoms with Crippen LogP contribution in [0.4, 0.5) is 0 Å². The molecular formula is C19H25N3O5. The van der Waals surface area contributed by atoms with E-state index in [9.17, 15) is 4.79 Å². The average Bonchev–Trinajstić information content (AvgIpc) is 3.10. The highest BCUT2D eigenvalue weighted by Crippen LogP contribution is 2.40. The van der Waals surface area contributed by atoms with Gasteiger partial charge in [-0.2, -0.15) is 0 Å². The minimum Gasteiger partial charge on any atom is -0.493 e. The number of carbonyl (C=O) groups is 1. The smallest absolute Gasteiger partial charge is 0.219 e. The van der Waals surface area contributed by atoms with Crippen LogP contribution in [0, 0.1) is 5.92 Å². The Bertz CT molecular complexity index is 758. The van der Waals surface area contributed by atoms with Crippen LogP contribution in [0.1, 0.15) is 12.5 Å². The summed E-state index contributed by atoms with van der Waals surface area (Å²) in [6.45, 7) is 6.15. The van der Waals surface area contributed by atoms with Crippen molar-refractivity contribution in [1.29, 1.82) is 0 Å². The number of methoxy groups -OCH3 is 2. The van der Waals surface area contributed by atoms with E-state index in [0.29, 0.717) is 18.1 Å². The Morgan fingerprint density at radius 3 is 2.56 bits per heavy atom. The number of oxime groups is 1. The van der Waals surface area contributed by atoms with Gasteiger partial charge < -0.3 is 23.9 Å². The molecule has 0 N–H and O–H groups in total. The summed E-state index contributed by atoms with van der Waals surface area (Å²) < 4.78 is 16.7. The lowest BCUT2D eigenvalue weighted by atomic mass is 9.90. The first-order valence-corrected chi connectivity index (χ1v) is 9.21. The summed E-state index contributed by atoms with van der Waals surface area (Å²) in [4.78, 5) is 21.5. The number of hydrogen-bond donors (Lipinski definition) is 0. The standard InChI is InChI=1S/C19H25N3O5/c1-12(23)22-6-4-21(5-7-22)10-18-14-11-26-15-9-17(25-3)16(24-2)8-13(15)19(14)20-27-18/h8-9,14,18H,4-7,10-11H2,1-3H3. The van der Waals surface area contributed by atoms with Gasteiger partial charge in [0.25, 0.3) is 0 Å². The molecule has 4 rings (SSSR count). The van der Waals surface area contributed by atoms with Gasteiger partial charge in [0.1, 0.15) is 18.1 Å². The molecular weight excluding hydrogens is 350 g/mol. The first-order chi connectivity index (χ1) is 13.1. The average molecular weight is 375 g/mol. The van der Waals surface area contributed by atoms with E-state index in [-0.39, 0.29) is 17.9 Å². The molecule has 27 heavy (non-hydrogen) atoms. The Labute approximate surface area is 158 Å². The van der Waals surface area contributed by atoms with Gasteiger partial charge in [-0.1, -0.05) is 5.16 Å². The highest BCUT2D eigenvalue weighted by Gasteiger charge is 2.41. The molecule has 8 heteroatoms. The second-order valence-electron chi connectivity index (χ2n) is 7.05. The molecule has 0 bridgehead atoms. The van der Waals surface area contributed by atoms with Crippen LogP contribution >= 0.6 is 0 Å². The lowest BCUT2D eigenvalue weighted by molar-refractivity contribution is -0.130. The van der Waals surface area contributed by atoms with Crippen molar-refractivity contribution in [3.8, 4) is 17.2 Å². The molecule has 146 valence electrons. The molecule has 0 aliphatic carbocycles. The number of amides is 1. The van der Waals surface area contributed by atoms with Gasteiger partial charge in [-0.3, -0.25) is 9.69 Å². The molecule has 3 aliphatic rings. The van der Waals surface area contributed by atoms with Crippen LogP contribution in [-0.2, 0) is 9.63 Å². The molecule has 2 unspecified atom stereocenters. The van der Waals surface area contributed by atoms with E-state index in [4.69, 9.17) is 19.0 Å². The monoisotopic (exact) mass is 375 g/mol. The van der Waals surface area contributed by atoms with E-state index in [1.807, 2.05) is 17.0 Å². The number of piperazine rings is 1. The zero-order chi connectivity index (χ0) is 19.0. The summed E-state index contributed by atoms with van der Waals surface area (Å²) in [6, 6.07) is 3.73. The van der Waals surface area contributed by atoms with Gasteiger partial charge in [0, 0.05) is 51.3 Å². The molecule has 1 aromatic carbocycles. The normalized spacial score (nSPS) is 24.3. The predicted octanol–water partition coefficient (Wildman–Crippen LogP) is 0.979. The summed E-state index contributed by atoms with van der Waals surface area (Å²) in [5.41, 5.74) is 1.80. The number of fused-ring (bicyclic) bond motifs is 3. The molecule has 0 aromatic heterocycles. The third-order valence-electron chi connectivity index (χ3n) is 5.52. The van der Waals surface area contributed by atoms with Crippen LogP contribution in [0.25, 0.3) is 0 Å². The summed E-state index contributed by atoms with van der Waals surface area (Å²) in [7, 11) is 3.22. The molecule has 0 spiro atoms. The zero-order valence-corrected chi connectivity index (χ0v) is 15.9. The molecule has 0 saturated carbocycles. The van der Waals surface area contributed by atoms with Crippen molar-refractivity contribution in [3.05, 3.63) is 17.7 Å². The van der Waals surface area contributed by atoms with E-state index in [1.165, 1.54) is 0 Å². The van der Waals surface area contributed by atoms with Crippen molar-refractivity contribution in [2.45, 2.75) is 13.0 Å². The SMILES string of the molecule is COc1cc2c(cc1OC)C1=NOC(CN3CCN(C(C)=O)CC3)C1CO2. The Morgan fingerprint density at radius 1 is 1.19 bits per heavy atom. The number of hydrogen-bond acceptors (Lipinski definition) is 7. The van der Waals surface area contributed by atoms with Gasteiger partial charge in [-0.15, -0.1) is 0 Å². The number of ether oxygens (including phenoxy) is 3. The Kier molecular flexibility index (Phi) is 4.82. The van der Waals surface area contributed by atoms with Crippen molar-refractivity contribution >= 4 is 11.6 Å². The summed E-state index contributed by atoms with van der Waals surface area (Å²) >= 11 is 0. The Balaban J connectivity index is 1.45. The van der Waals surface area contributed by atoms with E-state index in [1.54, 1.807) is 21.1 Å². The summed E-state index contributed by atoms with van der Waals surface area (Å²) in [6.07, 6.45) is -0.0508. The second-order valence-corrected chi connectivity index (χ2v) is 7.05. The number of carbonyl (C=O) groups excluding carboxylic acids is 1. The maximum absolute atomic E-state index is 11.5. The van der Waals surface area contributed by atoms with E-state index in [0.717, 1.165) is 49.7 Å². The van der Waals surface area contributed by atoms with E-state index in [2.05, 4.69) is 10.1 Å². The largest absolute Gasteiger partial charge is 0.493 e. The van der Waals surface area contributed by atoms with Gasteiger partial charge >= 0.3 is 0 Å². The van der Waals surface area contributed by atoms with Crippen molar-refractivity contribution in [1.82, 2.24) is 9.80 Å². The fourth-order valence-electron chi connectivity index (χ4n) is 3.90. The highest BCUT2D eigenvalue weighted by atomic mass is 16.6. The molecule has 0 radical (unpaired) electrons. The fraction of sp³-hybridized carbons (Fsp3) is 0.579. The third kappa shape index (κ3) is 3.29. The molecule has 1 aromatic rings. The van der Waals surface area contributed by atoms with Crippen LogP contribution in [0.2, 0.25) is 0 Å². The zero-order valence-electron chi connectivity index (χ0n) is 15.9. The van der Waals surface area contributed by atoms with Crippen LogP contribution in [0.3, 0.4) is 0 Å². The first-order valence-electron chi connectivity index (χ1n) is 9.21. The fourth-order valence-corrected chi connectivity index (χ4v) is 3.90. The van der Waals surface area contributed by atoms with Crippen LogP contribution < -0.4 is 14.2 Å². The highest BCUT2D eigenvalue weighted by molar-refractivity contribution is 6.06. The third-order valence-corrected chi connectivity index (χ3v) is 5.52. The maximum Gasteiger partial charge on any atom is 0.219 e. The Hall–Kier alpha value is -2.48. The summed E-state index contributed by atoms with van der Waals surface area (Å²) in [5, 5.41) is 4.37. The lowest BCUT2D eigenvalue weighted by Gasteiger charge is -2.36. The molecule has 1 amide bonds.